The van der Waals surface area contributed by atoms with Gasteiger partial charge in [0.05, 0.1) is 5.02 Å². The average molecular weight is 168 g/mol. The molecule has 0 saturated heterocycles. The van der Waals surface area contributed by atoms with Crippen LogP contribution >= 0.6 is 11.6 Å². The van der Waals surface area contributed by atoms with Gasteiger partial charge in [-0.05, 0) is 18.2 Å². The number of rotatable bonds is 0. The maximum atomic E-state index is 5.80. The van der Waals surface area contributed by atoms with E-state index in [0.717, 1.165) is 11.0 Å². The normalized spacial score (nSPS) is 10.6. The predicted octanol–water partition coefficient (Wildman–Crippen LogP) is 2.67. The monoisotopic (exact) mass is 167 g/mol. The van der Waals surface area contributed by atoms with Crippen LogP contribution in [0.3, 0.4) is 0 Å². The van der Waals surface area contributed by atoms with Crippen LogP contribution in [0.25, 0.3) is 11.0 Å². The summed E-state index contributed by atoms with van der Waals surface area (Å²) in [5.74, 6) is 0. The highest BCUT2D eigenvalue weighted by atomic mass is 35.5. The van der Waals surface area contributed by atoms with Crippen LogP contribution in [0.5, 0.6) is 0 Å². The van der Waals surface area contributed by atoms with Gasteiger partial charge in [-0.3, -0.25) is 0 Å². The van der Waals surface area contributed by atoms with Crippen molar-refractivity contribution >= 4 is 28.3 Å². The third-order valence-corrected chi connectivity index (χ3v) is 1.84. The SMILES string of the molecule is Nc1ccc2occ(Cl)c2c1. The maximum Gasteiger partial charge on any atom is 0.135 e. The van der Waals surface area contributed by atoms with Gasteiger partial charge in [0.25, 0.3) is 0 Å². The molecule has 0 atom stereocenters. The molecular weight excluding hydrogens is 162 g/mol. The van der Waals surface area contributed by atoms with Crippen molar-refractivity contribution in [3.8, 4) is 0 Å². The Bertz CT molecular complexity index is 394. The Hall–Kier alpha value is -1.15. The Balaban J connectivity index is 2.87. The Morgan fingerprint density at radius 2 is 2.18 bits per heavy atom. The summed E-state index contributed by atoms with van der Waals surface area (Å²) < 4.78 is 5.12. The van der Waals surface area contributed by atoms with Crippen LogP contribution in [-0.4, -0.2) is 0 Å². The van der Waals surface area contributed by atoms with Crippen LogP contribution in [-0.2, 0) is 0 Å². The van der Waals surface area contributed by atoms with Crippen molar-refractivity contribution in [1.29, 1.82) is 0 Å². The Morgan fingerprint density at radius 1 is 1.36 bits per heavy atom. The summed E-state index contributed by atoms with van der Waals surface area (Å²) in [4.78, 5) is 0. The van der Waals surface area contributed by atoms with Gasteiger partial charge in [0.15, 0.2) is 0 Å². The third kappa shape index (κ3) is 0.955. The van der Waals surface area contributed by atoms with Gasteiger partial charge in [-0.15, -0.1) is 0 Å². The van der Waals surface area contributed by atoms with Gasteiger partial charge in [-0.25, -0.2) is 0 Å². The zero-order chi connectivity index (χ0) is 7.84. The molecule has 0 unspecified atom stereocenters. The van der Waals surface area contributed by atoms with Crippen LogP contribution in [0.4, 0.5) is 5.69 Å². The lowest BCUT2D eigenvalue weighted by Gasteiger charge is -1.90. The highest BCUT2D eigenvalue weighted by Gasteiger charge is 2.01. The molecule has 0 bridgehead atoms. The number of hydrogen-bond acceptors (Lipinski definition) is 2. The Kier molecular flexibility index (Phi) is 1.29. The topological polar surface area (TPSA) is 39.2 Å². The van der Waals surface area contributed by atoms with Gasteiger partial charge in [0.2, 0.25) is 0 Å². The number of halogens is 1. The first-order valence-electron chi connectivity index (χ1n) is 3.19. The molecule has 2 N–H and O–H groups in total. The van der Waals surface area contributed by atoms with E-state index in [-0.39, 0.29) is 0 Å². The summed E-state index contributed by atoms with van der Waals surface area (Å²) in [7, 11) is 0. The fourth-order valence-electron chi connectivity index (χ4n) is 1.02. The van der Waals surface area contributed by atoms with Crippen LogP contribution in [0.15, 0.2) is 28.9 Å². The number of furan rings is 1. The zero-order valence-electron chi connectivity index (χ0n) is 5.67. The van der Waals surface area contributed by atoms with Gasteiger partial charge in [0, 0.05) is 11.1 Å². The molecule has 1 heterocycles. The molecule has 0 radical (unpaired) electrons. The lowest BCUT2D eigenvalue weighted by atomic mass is 10.2. The van der Waals surface area contributed by atoms with Gasteiger partial charge >= 0.3 is 0 Å². The standard InChI is InChI=1S/C8H6ClNO/c9-7-4-11-8-2-1-5(10)3-6(7)8/h1-4H,10H2. The molecule has 0 saturated carbocycles. The molecular formula is C8H6ClNO. The van der Waals surface area contributed by atoms with E-state index in [1.54, 1.807) is 18.2 Å². The van der Waals surface area contributed by atoms with Gasteiger partial charge in [-0.1, -0.05) is 11.6 Å². The van der Waals surface area contributed by atoms with E-state index in [2.05, 4.69) is 0 Å². The van der Waals surface area contributed by atoms with Crippen LogP contribution in [0, 0.1) is 0 Å². The third-order valence-electron chi connectivity index (χ3n) is 1.55. The molecule has 1 aromatic heterocycles. The first kappa shape index (κ1) is 6.55. The second-order valence-electron chi connectivity index (χ2n) is 2.34. The first-order valence-corrected chi connectivity index (χ1v) is 3.57. The van der Waals surface area contributed by atoms with Crippen molar-refractivity contribution in [3.05, 3.63) is 29.5 Å². The maximum absolute atomic E-state index is 5.80. The van der Waals surface area contributed by atoms with Crippen molar-refractivity contribution in [2.75, 3.05) is 5.73 Å². The first-order chi connectivity index (χ1) is 5.27. The molecule has 2 rings (SSSR count). The highest BCUT2D eigenvalue weighted by Crippen LogP contribution is 2.26. The minimum absolute atomic E-state index is 0.604. The average Bonchev–Trinajstić information content (AvgIpc) is 2.33. The van der Waals surface area contributed by atoms with E-state index < -0.39 is 0 Å². The predicted molar refractivity (Wildman–Crippen MR) is 45.6 cm³/mol. The van der Waals surface area contributed by atoms with Crippen LogP contribution in [0.2, 0.25) is 5.02 Å². The van der Waals surface area contributed by atoms with E-state index in [1.807, 2.05) is 0 Å². The molecule has 0 fully saturated rings. The van der Waals surface area contributed by atoms with Crippen LogP contribution < -0.4 is 5.73 Å². The Morgan fingerprint density at radius 3 is 3.00 bits per heavy atom. The molecule has 0 aliphatic rings. The molecule has 3 heteroatoms. The smallest absolute Gasteiger partial charge is 0.135 e. The Labute approximate surface area is 68.6 Å². The van der Waals surface area contributed by atoms with E-state index in [0.29, 0.717) is 10.7 Å². The molecule has 56 valence electrons. The summed E-state index contributed by atoms with van der Waals surface area (Å²) in [6.07, 6.45) is 1.51. The molecule has 2 aromatic rings. The second-order valence-corrected chi connectivity index (χ2v) is 2.75. The van der Waals surface area contributed by atoms with Crippen molar-refractivity contribution in [1.82, 2.24) is 0 Å². The number of nitrogens with two attached hydrogens (primary N) is 1. The molecule has 0 aliphatic carbocycles. The molecule has 2 nitrogen and oxygen atoms in total. The van der Waals surface area contributed by atoms with E-state index in [9.17, 15) is 0 Å². The minimum atomic E-state index is 0.604. The number of hydrogen-bond donors (Lipinski definition) is 1. The van der Waals surface area contributed by atoms with Gasteiger partial charge in [0.1, 0.15) is 11.8 Å². The van der Waals surface area contributed by atoms with Crippen molar-refractivity contribution < 1.29 is 4.42 Å². The molecule has 0 aliphatic heterocycles. The van der Waals surface area contributed by atoms with Crippen LogP contribution in [0.1, 0.15) is 0 Å². The van der Waals surface area contributed by atoms with Crippen molar-refractivity contribution in [3.63, 3.8) is 0 Å². The van der Waals surface area contributed by atoms with E-state index >= 15 is 0 Å². The molecule has 0 amide bonds. The second kappa shape index (κ2) is 2.17. The fraction of sp³-hybridized carbons (Fsp3) is 0. The number of benzene rings is 1. The van der Waals surface area contributed by atoms with Gasteiger partial charge < -0.3 is 10.2 Å². The molecule has 0 spiro atoms. The lowest BCUT2D eigenvalue weighted by molar-refractivity contribution is 0.616. The fourth-order valence-corrected chi connectivity index (χ4v) is 1.21. The zero-order valence-corrected chi connectivity index (χ0v) is 6.43. The summed E-state index contributed by atoms with van der Waals surface area (Å²) in [6, 6.07) is 5.37. The highest BCUT2D eigenvalue weighted by molar-refractivity contribution is 6.35. The molecule has 1 aromatic carbocycles. The summed E-state index contributed by atoms with van der Waals surface area (Å²) in [6.45, 7) is 0. The lowest BCUT2D eigenvalue weighted by Crippen LogP contribution is -1.81. The largest absolute Gasteiger partial charge is 0.463 e. The summed E-state index contributed by atoms with van der Waals surface area (Å²) in [5, 5.41) is 1.47. The van der Waals surface area contributed by atoms with E-state index in [4.69, 9.17) is 21.8 Å². The summed E-state index contributed by atoms with van der Waals surface area (Å²) in [5.41, 5.74) is 7.01. The van der Waals surface area contributed by atoms with Gasteiger partial charge in [-0.2, -0.15) is 0 Å². The summed E-state index contributed by atoms with van der Waals surface area (Å²) >= 11 is 5.80. The molecule has 11 heavy (non-hydrogen) atoms. The number of fused-ring (bicyclic) bond motifs is 1. The number of anilines is 1. The minimum Gasteiger partial charge on any atom is -0.463 e. The van der Waals surface area contributed by atoms with E-state index in [1.165, 1.54) is 6.26 Å². The van der Waals surface area contributed by atoms with Crippen molar-refractivity contribution in [2.45, 2.75) is 0 Å². The van der Waals surface area contributed by atoms with Crippen molar-refractivity contribution in [2.24, 2.45) is 0 Å². The number of nitrogen functional groups attached to an aromatic ring is 1. The quantitative estimate of drug-likeness (QED) is 0.613.